The first-order valence-corrected chi connectivity index (χ1v) is 6.67. The van der Waals surface area contributed by atoms with Crippen molar-refractivity contribution in [2.45, 2.75) is 6.54 Å². The van der Waals surface area contributed by atoms with Crippen LogP contribution in [0.15, 0.2) is 64.0 Å². The van der Waals surface area contributed by atoms with Gasteiger partial charge in [-0.05, 0) is 29.8 Å². The molecular weight excluding hydrogens is 282 g/mol. The summed E-state index contributed by atoms with van der Waals surface area (Å²) >= 11 is 0. The average molecular weight is 295 g/mol. The Balaban J connectivity index is 1.54. The molecule has 0 radical (unpaired) electrons. The van der Waals surface area contributed by atoms with Gasteiger partial charge in [0.2, 0.25) is 11.7 Å². The van der Waals surface area contributed by atoms with Gasteiger partial charge in [-0.25, -0.2) is 0 Å². The molecule has 0 bridgehead atoms. The fourth-order valence-electron chi connectivity index (χ4n) is 1.81. The quantitative estimate of drug-likeness (QED) is 0.732. The second kappa shape index (κ2) is 6.53. The first-order valence-electron chi connectivity index (χ1n) is 6.67. The van der Waals surface area contributed by atoms with E-state index >= 15 is 0 Å². The van der Waals surface area contributed by atoms with Gasteiger partial charge in [-0.1, -0.05) is 11.2 Å². The Labute approximate surface area is 126 Å². The Hall–Kier alpha value is -3.15. The number of furan rings is 1. The standard InChI is InChI=1S/C16H13N3O3/c20-16(6-5-12-3-1-7-17-10-12)18-11-13-9-15(22-19-13)14-4-2-8-21-14/h1-10H,11H2,(H,18,20)/b6-5-. The van der Waals surface area contributed by atoms with Crippen LogP contribution in [0.3, 0.4) is 0 Å². The summed E-state index contributed by atoms with van der Waals surface area (Å²) in [5, 5.41) is 6.61. The van der Waals surface area contributed by atoms with Crippen molar-refractivity contribution in [3.8, 4) is 11.5 Å². The summed E-state index contributed by atoms with van der Waals surface area (Å²) in [7, 11) is 0. The van der Waals surface area contributed by atoms with Crippen LogP contribution >= 0.6 is 0 Å². The van der Waals surface area contributed by atoms with Crippen LogP contribution in [0.4, 0.5) is 0 Å². The van der Waals surface area contributed by atoms with Gasteiger partial charge in [0.25, 0.3) is 0 Å². The summed E-state index contributed by atoms with van der Waals surface area (Å²) in [6, 6.07) is 8.94. The normalized spacial score (nSPS) is 10.9. The first kappa shape index (κ1) is 13.8. The molecule has 3 aromatic rings. The van der Waals surface area contributed by atoms with Crippen LogP contribution < -0.4 is 5.32 Å². The van der Waals surface area contributed by atoms with Gasteiger partial charge in [0, 0.05) is 24.5 Å². The number of nitrogens with one attached hydrogen (secondary N) is 1. The monoisotopic (exact) mass is 295 g/mol. The number of aromatic nitrogens is 2. The van der Waals surface area contributed by atoms with Gasteiger partial charge >= 0.3 is 0 Å². The molecule has 110 valence electrons. The van der Waals surface area contributed by atoms with Crippen molar-refractivity contribution in [3.63, 3.8) is 0 Å². The van der Waals surface area contributed by atoms with E-state index in [1.807, 2.05) is 12.1 Å². The third-order valence-electron chi connectivity index (χ3n) is 2.88. The molecule has 1 N–H and O–H groups in total. The van der Waals surface area contributed by atoms with Crippen molar-refractivity contribution in [2.24, 2.45) is 0 Å². The molecule has 0 saturated carbocycles. The van der Waals surface area contributed by atoms with Crippen LogP contribution in [0.5, 0.6) is 0 Å². The second-order valence-electron chi connectivity index (χ2n) is 4.50. The lowest BCUT2D eigenvalue weighted by molar-refractivity contribution is -0.116. The number of carbonyl (C=O) groups is 1. The average Bonchev–Trinajstić information content (AvgIpc) is 3.22. The summed E-state index contributed by atoms with van der Waals surface area (Å²) in [5.41, 5.74) is 1.48. The highest BCUT2D eigenvalue weighted by Crippen LogP contribution is 2.20. The Bertz CT molecular complexity index is 761. The topological polar surface area (TPSA) is 81.2 Å². The molecule has 3 rings (SSSR count). The molecule has 0 aliphatic rings. The fraction of sp³-hybridized carbons (Fsp3) is 0.0625. The molecule has 0 unspecified atom stereocenters. The zero-order chi connectivity index (χ0) is 15.2. The number of amides is 1. The Kier molecular flexibility index (Phi) is 4.10. The van der Waals surface area contributed by atoms with Gasteiger partial charge in [0.15, 0.2) is 5.76 Å². The van der Waals surface area contributed by atoms with E-state index in [9.17, 15) is 4.79 Å². The van der Waals surface area contributed by atoms with Crippen molar-refractivity contribution >= 4 is 12.0 Å². The molecule has 0 fully saturated rings. The molecule has 22 heavy (non-hydrogen) atoms. The predicted molar refractivity (Wildman–Crippen MR) is 79.3 cm³/mol. The summed E-state index contributed by atoms with van der Waals surface area (Å²) in [4.78, 5) is 15.7. The van der Waals surface area contributed by atoms with Crippen LogP contribution in [0.1, 0.15) is 11.3 Å². The number of carbonyl (C=O) groups excluding carboxylic acids is 1. The molecule has 0 spiro atoms. The molecule has 3 heterocycles. The van der Waals surface area contributed by atoms with Crippen molar-refractivity contribution in [1.29, 1.82) is 0 Å². The first-order chi connectivity index (χ1) is 10.8. The second-order valence-corrected chi connectivity index (χ2v) is 4.50. The minimum absolute atomic E-state index is 0.216. The molecule has 0 atom stereocenters. The molecule has 6 nitrogen and oxygen atoms in total. The molecule has 0 aliphatic heterocycles. The Morgan fingerprint density at radius 2 is 2.23 bits per heavy atom. The highest BCUT2D eigenvalue weighted by Gasteiger charge is 2.09. The van der Waals surface area contributed by atoms with Crippen LogP contribution in [-0.4, -0.2) is 16.0 Å². The van der Waals surface area contributed by atoms with Crippen molar-refractivity contribution in [1.82, 2.24) is 15.5 Å². The Morgan fingerprint density at radius 1 is 1.27 bits per heavy atom. The number of nitrogens with zero attached hydrogens (tertiary/aromatic N) is 2. The lowest BCUT2D eigenvalue weighted by atomic mass is 10.2. The summed E-state index contributed by atoms with van der Waals surface area (Å²) in [5.74, 6) is 0.910. The summed E-state index contributed by atoms with van der Waals surface area (Å²) in [6.45, 7) is 0.278. The van der Waals surface area contributed by atoms with Crippen molar-refractivity contribution in [2.75, 3.05) is 0 Å². The van der Waals surface area contributed by atoms with Gasteiger partial charge in [-0.3, -0.25) is 9.78 Å². The lowest BCUT2D eigenvalue weighted by Crippen LogP contribution is -2.20. The molecule has 1 amide bonds. The zero-order valence-corrected chi connectivity index (χ0v) is 11.6. The van der Waals surface area contributed by atoms with E-state index in [-0.39, 0.29) is 12.5 Å². The van der Waals surface area contributed by atoms with E-state index in [0.717, 1.165) is 5.56 Å². The minimum Gasteiger partial charge on any atom is -0.461 e. The van der Waals surface area contributed by atoms with Gasteiger partial charge in [0.05, 0.1) is 12.8 Å². The molecule has 0 aromatic carbocycles. The number of pyridine rings is 1. The minimum atomic E-state index is -0.216. The molecule has 6 heteroatoms. The van der Waals surface area contributed by atoms with Gasteiger partial charge < -0.3 is 14.3 Å². The maximum Gasteiger partial charge on any atom is 0.244 e. The predicted octanol–water partition coefficient (Wildman–Crippen LogP) is 2.66. The van der Waals surface area contributed by atoms with E-state index in [1.54, 1.807) is 42.9 Å². The van der Waals surface area contributed by atoms with Crippen molar-refractivity contribution in [3.05, 3.63) is 66.3 Å². The van der Waals surface area contributed by atoms with E-state index < -0.39 is 0 Å². The zero-order valence-electron chi connectivity index (χ0n) is 11.6. The van der Waals surface area contributed by atoms with Gasteiger partial charge in [0.1, 0.15) is 5.69 Å². The van der Waals surface area contributed by atoms with Crippen LogP contribution in [0.25, 0.3) is 17.6 Å². The maximum absolute atomic E-state index is 11.7. The van der Waals surface area contributed by atoms with Crippen LogP contribution in [0.2, 0.25) is 0 Å². The van der Waals surface area contributed by atoms with Crippen molar-refractivity contribution < 1.29 is 13.7 Å². The molecular formula is C16H13N3O3. The Morgan fingerprint density at radius 3 is 3.00 bits per heavy atom. The molecule has 3 aromatic heterocycles. The fourth-order valence-corrected chi connectivity index (χ4v) is 1.81. The highest BCUT2D eigenvalue weighted by molar-refractivity contribution is 5.91. The summed E-state index contributed by atoms with van der Waals surface area (Å²) < 4.78 is 10.4. The molecule has 0 saturated heterocycles. The number of rotatable bonds is 5. The highest BCUT2D eigenvalue weighted by atomic mass is 16.5. The largest absolute Gasteiger partial charge is 0.461 e. The maximum atomic E-state index is 11.7. The van der Waals surface area contributed by atoms with Crippen LogP contribution in [-0.2, 0) is 11.3 Å². The van der Waals surface area contributed by atoms with E-state index in [4.69, 9.17) is 8.94 Å². The smallest absolute Gasteiger partial charge is 0.244 e. The van der Waals surface area contributed by atoms with Gasteiger partial charge in [-0.2, -0.15) is 0 Å². The number of hydrogen-bond acceptors (Lipinski definition) is 5. The SMILES string of the molecule is O=C(/C=C\c1cccnc1)NCc1cc(-c2ccco2)on1. The van der Waals surface area contributed by atoms with E-state index in [2.05, 4.69) is 15.5 Å². The summed E-state index contributed by atoms with van der Waals surface area (Å²) in [6.07, 6.45) is 8.06. The van der Waals surface area contributed by atoms with E-state index in [0.29, 0.717) is 17.2 Å². The third kappa shape index (κ3) is 3.49. The van der Waals surface area contributed by atoms with E-state index in [1.165, 1.54) is 6.08 Å². The molecule has 0 aliphatic carbocycles. The third-order valence-corrected chi connectivity index (χ3v) is 2.88. The number of hydrogen-bond donors (Lipinski definition) is 1. The van der Waals surface area contributed by atoms with Gasteiger partial charge in [-0.15, -0.1) is 0 Å². The van der Waals surface area contributed by atoms with Crippen LogP contribution in [0, 0.1) is 0 Å². The lowest BCUT2D eigenvalue weighted by Gasteiger charge is -1.97.